The molecule has 2 N–H and O–H groups in total. The van der Waals surface area contributed by atoms with E-state index in [0.717, 1.165) is 28.1 Å². The molecule has 0 saturated carbocycles. The Morgan fingerprint density at radius 3 is 2.94 bits per heavy atom. The van der Waals surface area contributed by atoms with Crippen LogP contribution in [0.4, 0.5) is 5.69 Å². The Hall–Kier alpha value is -0.190. The molecule has 0 aliphatic heterocycles. The van der Waals surface area contributed by atoms with Crippen LogP contribution in [0.2, 0.25) is 0 Å². The number of thioether (sulfide) groups is 1. The molecule has 1 aromatic rings. The average molecular weight is 304 g/mol. The number of aliphatic hydroxyl groups is 1. The minimum atomic E-state index is 0.147. The monoisotopic (exact) mass is 303 g/mol. The quantitative estimate of drug-likeness (QED) is 0.758. The first-order valence-electron chi connectivity index (χ1n) is 5.47. The Bertz CT molecular complexity index is 309. The number of hydrogen-bond donors (Lipinski definition) is 2. The zero-order valence-electron chi connectivity index (χ0n) is 9.45. The molecule has 1 aromatic carbocycles. The van der Waals surface area contributed by atoms with Crippen LogP contribution in [0, 0.1) is 0 Å². The van der Waals surface area contributed by atoms with Crippen molar-refractivity contribution in [2.45, 2.75) is 19.4 Å². The van der Waals surface area contributed by atoms with Crippen LogP contribution >= 0.6 is 27.7 Å². The molecule has 0 heterocycles. The maximum atomic E-state index is 9.27. The average Bonchev–Trinajstić information content (AvgIpc) is 2.28. The van der Waals surface area contributed by atoms with Gasteiger partial charge in [-0.2, -0.15) is 11.8 Å². The van der Waals surface area contributed by atoms with Gasteiger partial charge in [0.15, 0.2) is 0 Å². The molecule has 1 rings (SSSR count). The van der Waals surface area contributed by atoms with Crippen molar-refractivity contribution in [3.8, 4) is 0 Å². The van der Waals surface area contributed by atoms with E-state index in [9.17, 15) is 5.11 Å². The minimum Gasteiger partial charge on any atom is -0.394 e. The molecule has 0 amide bonds. The van der Waals surface area contributed by atoms with Gasteiger partial charge in [0, 0.05) is 16.2 Å². The molecule has 4 heteroatoms. The van der Waals surface area contributed by atoms with Gasteiger partial charge >= 0.3 is 0 Å². The normalized spacial score (nSPS) is 12.4. The van der Waals surface area contributed by atoms with Crippen molar-refractivity contribution in [2.75, 3.05) is 23.4 Å². The van der Waals surface area contributed by atoms with Gasteiger partial charge in [-0.15, -0.1) is 0 Å². The maximum absolute atomic E-state index is 9.27. The molecule has 0 aliphatic carbocycles. The van der Waals surface area contributed by atoms with E-state index in [2.05, 4.69) is 28.2 Å². The third-order valence-corrected chi connectivity index (χ3v) is 3.66. The summed E-state index contributed by atoms with van der Waals surface area (Å²) in [6, 6.07) is 8.16. The molecule has 0 saturated heterocycles. The highest BCUT2D eigenvalue weighted by Crippen LogP contribution is 2.17. The number of hydrogen-bond acceptors (Lipinski definition) is 3. The van der Waals surface area contributed by atoms with Gasteiger partial charge in [0.2, 0.25) is 0 Å². The van der Waals surface area contributed by atoms with Crippen LogP contribution in [-0.2, 0) is 0 Å². The van der Waals surface area contributed by atoms with Gasteiger partial charge in [-0.25, -0.2) is 0 Å². The Kier molecular flexibility index (Phi) is 6.92. The second kappa shape index (κ2) is 7.98. The summed E-state index contributed by atoms with van der Waals surface area (Å²) in [6.45, 7) is 2.33. The van der Waals surface area contributed by atoms with E-state index in [4.69, 9.17) is 0 Å². The summed E-state index contributed by atoms with van der Waals surface area (Å²) in [6.07, 6.45) is 0.988. The van der Waals surface area contributed by atoms with Crippen molar-refractivity contribution in [1.29, 1.82) is 0 Å². The highest BCUT2D eigenvalue weighted by atomic mass is 79.9. The third kappa shape index (κ3) is 5.23. The van der Waals surface area contributed by atoms with Gasteiger partial charge < -0.3 is 10.4 Å². The fourth-order valence-corrected chi connectivity index (χ4v) is 2.53. The SMILES string of the molecule is CCSCCC(CO)Nc1cccc(Br)c1. The zero-order valence-corrected chi connectivity index (χ0v) is 11.9. The zero-order chi connectivity index (χ0) is 11.8. The van der Waals surface area contributed by atoms with E-state index in [-0.39, 0.29) is 12.6 Å². The van der Waals surface area contributed by atoms with Crippen LogP contribution in [0.3, 0.4) is 0 Å². The van der Waals surface area contributed by atoms with Crippen LogP contribution in [-0.4, -0.2) is 29.3 Å². The molecule has 0 radical (unpaired) electrons. The molecular formula is C12H18BrNOS. The summed E-state index contributed by atoms with van der Waals surface area (Å²) in [7, 11) is 0. The van der Waals surface area contributed by atoms with Gasteiger partial charge in [0.25, 0.3) is 0 Å². The molecule has 90 valence electrons. The summed E-state index contributed by atoms with van der Waals surface area (Å²) in [5.74, 6) is 2.22. The highest BCUT2D eigenvalue weighted by molar-refractivity contribution is 9.10. The topological polar surface area (TPSA) is 32.3 Å². The Morgan fingerprint density at radius 2 is 2.31 bits per heavy atom. The molecule has 0 aromatic heterocycles. The summed E-state index contributed by atoms with van der Waals surface area (Å²) in [5.41, 5.74) is 1.05. The maximum Gasteiger partial charge on any atom is 0.0633 e. The number of aliphatic hydroxyl groups excluding tert-OH is 1. The van der Waals surface area contributed by atoms with E-state index >= 15 is 0 Å². The Morgan fingerprint density at radius 1 is 1.50 bits per heavy atom. The van der Waals surface area contributed by atoms with Crippen molar-refractivity contribution >= 4 is 33.4 Å². The van der Waals surface area contributed by atoms with E-state index < -0.39 is 0 Å². The van der Waals surface area contributed by atoms with E-state index in [1.807, 2.05) is 36.0 Å². The lowest BCUT2D eigenvalue weighted by Gasteiger charge is -2.17. The summed E-state index contributed by atoms with van der Waals surface area (Å²) < 4.78 is 1.05. The summed E-state index contributed by atoms with van der Waals surface area (Å²) in [4.78, 5) is 0. The van der Waals surface area contributed by atoms with Gasteiger partial charge in [-0.3, -0.25) is 0 Å². The molecule has 0 aliphatic rings. The van der Waals surface area contributed by atoms with Gasteiger partial charge in [-0.05, 0) is 36.1 Å². The first kappa shape index (κ1) is 13.9. The van der Waals surface area contributed by atoms with Crippen molar-refractivity contribution in [3.63, 3.8) is 0 Å². The van der Waals surface area contributed by atoms with Crippen LogP contribution < -0.4 is 5.32 Å². The number of halogens is 1. The number of benzene rings is 1. The lowest BCUT2D eigenvalue weighted by molar-refractivity contribution is 0.272. The smallest absolute Gasteiger partial charge is 0.0633 e. The Balaban J connectivity index is 2.43. The van der Waals surface area contributed by atoms with Crippen molar-refractivity contribution in [3.05, 3.63) is 28.7 Å². The predicted molar refractivity (Wildman–Crippen MR) is 76.3 cm³/mol. The predicted octanol–water partition coefficient (Wildman–Crippen LogP) is 3.37. The standard InChI is InChI=1S/C12H18BrNOS/c1-2-16-7-6-12(9-15)14-11-5-3-4-10(13)8-11/h3-5,8,12,14-15H,2,6-7,9H2,1H3. The van der Waals surface area contributed by atoms with E-state index in [0.29, 0.717) is 0 Å². The second-order valence-electron chi connectivity index (χ2n) is 3.52. The third-order valence-electron chi connectivity index (χ3n) is 2.23. The molecule has 2 nitrogen and oxygen atoms in total. The first-order valence-corrected chi connectivity index (χ1v) is 7.41. The molecular weight excluding hydrogens is 286 g/mol. The number of anilines is 1. The van der Waals surface area contributed by atoms with Crippen molar-refractivity contribution < 1.29 is 5.11 Å². The van der Waals surface area contributed by atoms with Gasteiger partial charge in [0.1, 0.15) is 0 Å². The van der Waals surface area contributed by atoms with Gasteiger partial charge in [-0.1, -0.05) is 28.9 Å². The molecule has 0 bridgehead atoms. The van der Waals surface area contributed by atoms with Crippen LogP contribution in [0.25, 0.3) is 0 Å². The lowest BCUT2D eigenvalue weighted by Crippen LogP contribution is -2.24. The van der Waals surface area contributed by atoms with Gasteiger partial charge in [0.05, 0.1) is 6.61 Å². The second-order valence-corrected chi connectivity index (χ2v) is 5.83. The summed E-state index contributed by atoms with van der Waals surface area (Å²) >= 11 is 5.34. The first-order chi connectivity index (χ1) is 7.76. The molecule has 1 atom stereocenters. The van der Waals surface area contributed by atoms with Crippen LogP contribution in [0.1, 0.15) is 13.3 Å². The van der Waals surface area contributed by atoms with Crippen LogP contribution in [0.15, 0.2) is 28.7 Å². The summed E-state index contributed by atoms with van der Waals surface area (Å²) in [5, 5.41) is 12.6. The van der Waals surface area contributed by atoms with E-state index in [1.165, 1.54) is 0 Å². The highest BCUT2D eigenvalue weighted by Gasteiger charge is 2.06. The fraction of sp³-hybridized carbons (Fsp3) is 0.500. The Labute approximate surface area is 110 Å². The molecule has 0 fully saturated rings. The van der Waals surface area contributed by atoms with Crippen LogP contribution in [0.5, 0.6) is 0 Å². The molecule has 16 heavy (non-hydrogen) atoms. The largest absolute Gasteiger partial charge is 0.394 e. The molecule has 1 unspecified atom stereocenters. The number of rotatable bonds is 7. The number of nitrogens with one attached hydrogen (secondary N) is 1. The van der Waals surface area contributed by atoms with E-state index in [1.54, 1.807) is 0 Å². The molecule has 0 spiro atoms. The minimum absolute atomic E-state index is 0.147. The van der Waals surface area contributed by atoms with Crippen molar-refractivity contribution in [2.24, 2.45) is 0 Å². The lowest BCUT2D eigenvalue weighted by atomic mass is 10.2. The van der Waals surface area contributed by atoms with Crippen molar-refractivity contribution in [1.82, 2.24) is 0 Å². The fourth-order valence-electron chi connectivity index (χ4n) is 1.39.